The molecule has 0 spiro atoms. The number of hydrogen-bond acceptors (Lipinski definition) is 6. The standard InChI is InChI=1S/C13H12N6OS/c14-11-10(12(20)19-7-3-6-18(11)19)16-17-13-15-8-4-1-2-5-9(8)21-13/h1-2,4-5H,3,6-7,14H2/b17-16+. The Bertz CT molecular complexity index is 886. The molecule has 1 aliphatic rings. The first-order valence-corrected chi connectivity index (χ1v) is 7.42. The molecule has 21 heavy (non-hydrogen) atoms. The number of thiazole rings is 1. The summed E-state index contributed by atoms with van der Waals surface area (Å²) in [7, 11) is 0. The molecule has 0 fully saturated rings. The second-order valence-electron chi connectivity index (χ2n) is 4.80. The Morgan fingerprint density at radius 3 is 2.81 bits per heavy atom. The zero-order chi connectivity index (χ0) is 14.4. The molecule has 2 aromatic heterocycles. The van der Waals surface area contributed by atoms with Crippen molar-refractivity contribution >= 4 is 38.2 Å². The third-order valence-electron chi connectivity index (χ3n) is 3.51. The van der Waals surface area contributed by atoms with Crippen LogP contribution in [0.5, 0.6) is 0 Å². The van der Waals surface area contributed by atoms with Crippen LogP contribution in [-0.4, -0.2) is 14.3 Å². The first-order chi connectivity index (χ1) is 10.2. The highest BCUT2D eigenvalue weighted by molar-refractivity contribution is 7.21. The number of hydrogen-bond donors (Lipinski definition) is 1. The Morgan fingerprint density at radius 2 is 2.00 bits per heavy atom. The second kappa shape index (κ2) is 4.52. The summed E-state index contributed by atoms with van der Waals surface area (Å²) in [5, 5.41) is 8.62. The molecule has 106 valence electrons. The third kappa shape index (κ3) is 1.87. The number of benzene rings is 1. The van der Waals surface area contributed by atoms with Crippen molar-refractivity contribution in [2.24, 2.45) is 10.2 Å². The van der Waals surface area contributed by atoms with E-state index < -0.39 is 0 Å². The van der Waals surface area contributed by atoms with E-state index in [9.17, 15) is 4.79 Å². The van der Waals surface area contributed by atoms with Gasteiger partial charge in [0.05, 0.1) is 10.2 Å². The van der Waals surface area contributed by atoms with Crippen LogP contribution in [0, 0.1) is 0 Å². The van der Waals surface area contributed by atoms with Crippen molar-refractivity contribution in [2.75, 3.05) is 5.73 Å². The lowest BCUT2D eigenvalue weighted by molar-refractivity contribution is 0.601. The predicted octanol–water partition coefficient (Wildman–Crippen LogP) is 2.66. The van der Waals surface area contributed by atoms with Crippen LogP contribution in [0.3, 0.4) is 0 Å². The zero-order valence-electron chi connectivity index (χ0n) is 11.1. The molecular formula is C13H12N6OS. The fourth-order valence-corrected chi connectivity index (χ4v) is 3.30. The normalized spacial score (nSPS) is 14.3. The van der Waals surface area contributed by atoms with E-state index in [0.29, 0.717) is 17.5 Å². The highest BCUT2D eigenvalue weighted by Crippen LogP contribution is 2.30. The lowest BCUT2D eigenvalue weighted by Crippen LogP contribution is -2.16. The molecule has 0 amide bonds. The molecule has 0 saturated carbocycles. The fraction of sp³-hybridized carbons (Fsp3) is 0.231. The van der Waals surface area contributed by atoms with E-state index in [1.54, 1.807) is 9.36 Å². The van der Waals surface area contributed by atoms with E-state index in [4.69, 9.17) is 5.73 Å². The molecule has 0 atom stereocenters. The first kappa shape index (κ1) is 12.3. The van der Waals surface area contributed by atoms with Crippen molar-refractivity contribution in [2.45, 2.75) is 19.5 Å². The van der Waals surface area contributed by atoms with Crippen LogP contribution in [0.2, 0.25) is 0 Å². The highest BCUT2D eigenvalue weighted by Gasteiger charge is 2.21. The summed E-state index contributed by atoms with van der Waals surface area (Å²) in [6.45, 7) is 1.43. The summed E-state index contributed by atoms with van der Waals surface area (Å²) in [5.41, 5.74) is 6.86. The molecule has 3 heterocycles. The van der Waals surface area contributed by atoms with Crippen LogP contribution in [0.25, 0.3) is 10.2 Å². The number of nitrogens with two attached hydrogens (primary N) is 1. The molecule has 3 aromatic rings. The van der Waals surface area contributed by atoms with E-state index in [1.165, 1.54) is 11.3 Å². The fourth-order valence-electron chi connectivity index (χ4n) is 2.52. The summed E-state index contributed by atoms with van der Waals surface area (Å²) < 4.78 is 4.41. The topological polar surface area (TPSA) is 90.6 Å². The molecule has 0 aliphatic carbocycles. The molecular weight excluding hydrogens is 288 g/mol. The van der Waals surface area contributed by atoms with Gasteiger partial charge >= 0.3 is 0 Å². The van der Waals surface area contributed by atoms with Gasteiger partial charge in [-0.05, 0) is 18.6 Å². The molecule has 1 aromatic carbocycles. The van der Waals surface area contributed by atoms with Crippen LogP contribution < -0.4 is 11.3 Å². The molecule has 0 bridgehead atoms. The smallest absolute Gasteiger partial charge is 0.296 e. The lowest BCUT2D eigenvalue weighted by atomic mass is 10.3. The molecule has 2 N–H and O–H groups in total. The summed E-state index contributed by atoms with van der Waals surface area (Å²) in [6.07, 6.45) is 0.925. The Labute approximate surface area is 123 Å². The lowest BCUT2D eigenvalue weighted by Gasteiger charge is -1.98. The van der Waals surface area contributed by atoms with Gasteiger partial charge in [-0.2, -0.15) is 0 Å². The van der Waals surface area contributed by atoms with Gasteiger partial charge in [0.25, 0.3) is 5.56 Å². The number of fused-ring (bicyclic) bond motifs is 2. The predicted molar refractivity (Wildman–Crippen MR) is 81.5 cm³/mol. The highest BCUT2D eigenvalue weighted by atomic mass is 32.1. The van der Waals surface area contributed by atoms with Gasteiger partial charge in [0.2, 0.25) is 5.13 Å². The Morgan fingerprint density at radius 1 is 1.19 bits per heavy atom. The quantitative estimate of drug-likeness (QED) is 0.738. The van der Waals surface area contributed by atoms with Crippen LogP contribution in [-0.2, 0) is 13.1 Å². The number of aromatic nitrogens is 3. The number of nitrogens with zero attached hydrogens (tertiary/aromatic N) is 5. The third-order valence-corrected chi connectivity index (χ3v) is 4.43. The zero-order valence-corrected chi connectivity index (χ0v) is 11.9. The van der Waals surface area contributed by atoms with Gasteiger partial charge in [0.1, 0.15) is 0 Å². The largest absolute Gasteiger partial charge is 0.382 e. The van der Waals surface area contributed by atoms with E-state index in [-0.39, 0.29) is 11.2 Å². The minimum atomic E-state index is -0.185. The van der Waals surface area contributed by atoms with E-state index >= 15 is 0 Å². The van der Waals surface area contributed by atoms with Crippen molar-refractivity contribution in [3.05, 3.63) is 34.6 Å². The number of azo groups is 1. The van der Waals surface area contributed by atoms with Crippen molar-refractivity contribution < 1.29 is 0 Å². The van der Waals surface area contributed by atoms with Crippen molar-refractivity contribution in [1.82, 2.24) is 14.3 Å². The Hall–Kier alpha value is -2.48. The van der Waals surface area contributed by atoms with Gasteiger partial charge < -0.3 is 5.73 Å². The summed E-state index contributed by atoms with van der Waals surface area (Å²) in [4.78, 5) is 16.5. The second-order valence-corrected chi connectivity index (χ2v) is 5.81. The minimum absolute atomic E-state index is 0.185. The maximum atomic E-state index is 12.2. The summed E-state index contributed by atoms with van der Waals surface area (Å²) >= 11 is 1.43. The van der Waals surface area contributed by atoms with Crippen molar-refractivity contribution in [1.29, 1.82) is 0 Å². The maximum absolute atomic E-state index is 12.2. The van der Waals surface area contributed by atoms with Gasteiger partial charge in [-0.25, -0.2) is 9.67 Å². The number of para-hydroxylation sites is 1. The molecule has 0 unspecified atom stereocenters. The van der Waals surface area contributed by atoms with Gasteiger partial charge in [-0.15, -0.1) is 10.2 Å². The van der Waals surface area contributed by atoms with Crippen molar-refractivity contribution in [3.8, 4) is 0 Å². The molecule has 4 rings (SSSR count). The van der Waals surface area contributed by atoms with Gasteiger partial charge in [-0.3, -0.25) is 9.48 Å². The number of anilines is 1. The number of rotatable bonds is 2. The van der Waals surface area contributed by atoms with Crippen LogP contribution >= 0.6 is 11.3 Å². The van der Waals surface area contributed by atoms with Gasteiger partial charge in [0, 0.05) is 13.1 Å². The van der Waals surface area contributed by atoms with E-state index in [2.05, 4.69) is 15.2 Å². The summed E-state index contributed by atoms with van der Waals surface area (Å²) in [6, 6.07) is 7.76. The first-order valence-electron chi connectivity index (χ1n) is 6.60. The molecule has 0 saturated heterocycles. The summed E-state index contributed by atoms with van der Waals surface area (Å²) in [5.74, 6) is 0.377. The number of nitrogen functional groups attached to an aromatic ring is 1. The van der Waals surface area contributed by atoms with Crippen LogP contribution in [0.1, 0.15) is 6.42 Å². The monoisotopic (exact) mass is 300 g/mol. The van der Waals surface area contributed by atoms with E-state index in [0.717, 1.165) is 23.2 Å². The van der Waals surface area contributed by atoms with Crippen molar-refractivity contribution in [3.63, 3.8) is 0 Å². The maximum Gasteiger partial charge on any atom is 0.296 e. The SMILES string of the molecule is Nc1c(/N=N/c2nc3ccccc3s2)c(=O)n2n1CCC2. The Balaban J connectivity index is 1.74. The van der Waals surface area contributed by atoms with E-state index in [1.807, 2.05) is 24.3 Å². The van der Waals surface area contributed by atoms with Crippen LogP contribution in [0.15, 0.2) is 39.3 Å². The molecule has 1 aliphatic heterocycles. The van der Waals surface area contributed by atoms with Crippen LogP contribution in [0.4, 0.5) is 16.6 Å². The minimum Gasteiger partial charge on any atom is -0.382 e. The molecule has 8 heteroatoms. The molecule has 7 nitrogen and oxygen atoms in total. The molecule has 0 radical (unpaired) electrons. The average Bonchev–Trinajstić information content (AvgIpc) is 3.16. The van der Waals surface area contributed by atoms with Gasteiger partial charge in [0.15, 0.2) is 11.5 Å². The average molecular weight is 300 g/mol. The van der Waals surface area contributed by atoms with Gasteiger partial charge in [-0.1, -0.05) is 23.5 Å². The Kier molecular flexibility index (Phi) is 2.64.